The molecule has 3 nitrogen and oxygen atoms in total. The van der Waals surface area contributed by atoms with E-state index in [0.29, 0.717) is 11.3 Å². The summed E-state index contributed by atoms with van der Waals surface area (Å²) in [5.41, 5.74) is 0.597. The minimum absolute atomic E-state index is 0.0240. The van der Waals surface area contributed by atoms with E-state index in [1.54, 1.807) is 19.2 Å². The number of methoxy groups -OCH3 is 1. The van der Waals surface area contributed by atoms with E-state index in [-0.39, 0.29) is 11.5 Å². The second-order valence-electron chi connectivity index (χ2n) is 3.91. The molecule has 0 atom stereocenters. The number of rotatable bonds is 5. The Kier molecular flexibility index (Phi) is 4.47. The SMILES string of the molecule is COc1ccccc1SCC(=O)c1ccc(O)cc1. The van der Waals surface area contributed by atoms with Crippen molar-refractivity contribution < 1.29 is 14.6 Å². The zero-order valence-corrected chi connectivity index (χ0v) is 11.3. The number of benzene rings is 2. The van der Waals surface area contributed by atoms with Gasteiger partial charge in [-0.2, -0.15) is 0 Å². The maximum Gasteiger partial charge on any atom is 0.173 e. The van der Waals surface area contributed by atoms with Crippen LogP contribution in [0.1, 0.15) is 10.4 Å². The van der Waals surface area contributed by atoms with Crippen molar-refractivity contribution in [2.24, 2.45) is 0 Å². The van der Waals surface area contributed by atoms with E-state index >= 15 is 0 Å². The first kappa shape index (κ1) is 13.5. The zero-order valence-electron chi connectivity index (χ0n) is 10.5. The third kappa shape index (κ3) is 3.51. The molecule has 0 spiro atoms. The predicted molar refractivity (Wildman–Crippen MR) is 76.2 cm³/mol. The molecule has 0 radical (unpaired) electrons. The van der Waals surface area contributed by atoms with Crippen molar-refractivity contribution in [1.29, 1.82) is 0 Å². The molecule has 0 saturated heterocycles. The summed E-state index contributed by atoms with van der Waals surface area (Å²) in [7, 11) is 1.61. The van der Waals surface area contributed by atoms with Gasteiger partial charge < -0.3 is 9.84 Å². The largest absolute Gasteiger partial charge is 0.508 e. The highest BCUT2D eigenvalue weighted by molar-refractivity contribution is 8.00. The fraction of sp³-hybridized carbons (Fsp3) is 0.133. The summed E-state index contributed by atoms with van der Waals surface area (Å²) in [6.45, 7) is 0. The number of phenols is 1. The molecule has 0 heterocycles. The van der Waals surface area contributed by atoms with Gasteiger partial charge >= 0.3 is 0 Å². The summed E-state index contributed by atoms with van der Waals surface area (Å²) in [5, 5.41) is 9.18. The van der Waals surface area contributed by atoms with Gasteiger partial charge in [-0.05, 0) is 36.4 Å². The topological polar surface area (TPSA) is 46.5 Å². The summed E-state index contributed by atoms with van der Waals surface area (Å²) < 4.78 is 5.23. The van der Waals surface area contributed by atoms with Gasteiger partial charge in [-0.3, -0.25) is 4.79 Å². The lowest BCUT2D eigenvalue weighted by Crippen LogP contribution is -2.02. The molecule has 0 aliphatic carbocycles. The average Bonchev–Trinajstić information content (AvgIpc) is 2.45. The molecule has 0 aliphatic heterocycles. The van der Waals surface area contributed by atoms with E-state index in [1.807, 2.05) is 24.3 Å². The second kappa shape index (κ2) is 6.29. The molecule has 0 unspecified atom stereocenters. The predicted octanol–water partition coefficient (Wildman–Crippen LogP) is 3.38. The normalized spacial score (nSPS) is 10.2. The van der Waals surface area contributed by atoms with Crippen LogP contribution < -0.4 is 4.74 Å². The van der Waals surface area contributed by atoms with Crippen LogP contribution in [0.3, 0.4) is 0 Å². The summed E-state index contributed by atoms with van der Waals surface area (Å²) in [4.78, 5) is 12.9. The van der Waals surface area contributed by atoms with Crippen molar-refractivity contribution >= 4 is 17.5 Å². The number of hydrogen-bond donors (Lipinski definition) is 1. The number of hydrogen-bond acceptors (Lipinski definition) is 4. The molecular formula is C15H14O3S. The summed E-state index contributed by atoms with van der Waals surface area (Å²) >= 11 is 1.44. The molecule has 0 bridgehead atoms. The van der Waals surface area contributed by atoms with Crippen LogP contribution in [0, 0.1) is 0 Å². The Morgan fingerprint density at radius 3 is 2.53 bits per heavy atom. The van der Waals surface area contributed by atoms with Crippen LogP contribution in [0.15, 0.2) is 53.4 Å². The number of para-hydroxylation sites is 1. The van der Waals surface area contributed by atoms with Gasteiger partial charge in [0.05, 0.1) is 12.9 Å². The van der Waals surface area contributed by atoms with Crippen molar-refractivity contribution in [1.82, 2.24) is 0 Å². The number of carbonyl (C=O) groups is 1. The van der Waals surface area contributed by atoms with Gasteiger partial charge in [-0.15, -0.1) is 11.8 Å². The highest BCUT2D eigenvalue weighted by atomic mass is 32.2. The lowest BCUT2D eigenvalue weighted by molar-refractivity contribution is 0.102. The highest BCUT2D eigenvalue weighted by Gasteiger charge is 2.09. The number of phenolic OH excluding ortho intramolecular Hbond substituents is 1. The Bertz CT molecular complexity index is 564. The van der Waals surface area contributed by atoms with Crippen molar-refractivity contribution in [3.8, 4) is 11.5 Å². The van der Waals surface area contributed by atoms with Gasteiger partial charge in [0.25, 0.3) is 0 Å². The number of ketones is 1. The highest BCUT2D eigenvalue weighted by Crippen LogP contribution is 2.29. The summed E-state index contributed by atoms with van der Waals surface area (Å²) in [5.74, 6) is 1.29. The molecule has 4 heteroatoms. The maximum atomic E-state index is 12.0. The summed E-state index contributed by atoms with van der Waals surface area (Å²) in [6.07, 6.45) is 0. The Labute approximate surface area is 116 Å². The lowest BCUT2D eigenvalue weighted by atomic mass is 10.1. The molecule has 19 heavy (non-hydrogen) atoms. The minimum Gasteiger partial charge on any atom is -0.508 e. The molecule has 2 aromatic rings. The van der Waals surface area contributed by atoms with Crippen LogP contribution in [0.2, 0.25) is 0 Å². The monoisotopic (exact) mass is 274 g/mol. The Morgan fingerprint density at radius 1 is 1.16 bits per heavy atom. The van der Waals surface area contributed by atoms with Crippen LogP contribution >= 0.6 is 11.8 Å². The maximum absolute atomic E-state index is 12.0. The van der Waals surface area contributed by atoms with Gasteiger partial charge in [0.2, 0.25) is 0 Å². The Morgan fingerprint density at radius 2 is 1.84 bits per heavy atom. The number of Topliss-reactive ketones (excluding diaryl/α,β-unsaturated/α-hetero) is 1. The Hall–Kier alpha value is -1.94. The van der Waals surface area contributed by atoms with Crippen LogP contribution in [0.5, 0.6) is 11.5 Å². The van der Waals surface area contributed by atoms with Gasteiger partial charge in [-0.25, -0.2) is 0 Å². The molecule has 0 saturated carbocycles. The van der Waals surface area contributed by atoms with E-state index in [4.69, 9.17) is 4.74 Å². The molecule has 0 amide bonds. The smallest absolute Gasteiger partial charge is 0.173 e. The molecule has 2 aromatic carbocycles. The van der Waals surface area contributed by atoms with Crippen molar-refractivity contribution in [3.63, 3.8) is 0 Å². The molecule has 0 fully saturated rings. The quantitative estimate of drug-likeness (QED) is 0.670. The van der Waals surface area contributed by atoms with Gasteiger partial charge in [0.1, 0.15) is 11.5 Å². The number of carbonyl (C=O) groups excluding carboxylic acids is 1. The third-order valence-electron chi connectivity index (χ3n) is 2.62. The number of aromatic hydroxyl groups is 1. The second-order valence-corrected chi connectivity index (χ2v) is 4.93. The first-order valence-corrected chi connectivity index (χ1v) is 6.77. The molecule has 1 N–H and O–H groups in total. The first-order valence-electron chi connectivity index (χ1n) is 5.79. The van der Waals surface area contributed by atoms with Crippen LogP contribution in [0.25, 0.3) is 0 Å². The summed E-state index contributed by atoms with van der Waals surface area (Å²) in [6, 6.07) is 13.9. The van der Waals surface area contributed by atoms with Crippen LogP contribution in [-0.2, 0) is 0 Å². The van der Waals surface area contributed by atoms with Crippen molar-refractivity contribution in [3.05, 3.63) is 54.1 Å². The standard InChI is InChI=1S/C15H14O3S/c1-18-14-4-2-3-5-15(14)19-10-13(17)11-6-8-12(16)9-7-11/h2-9,16H,10H2,1H3. The van der Waals surface area contributed by atoms with Crippen LogP contribution in [-0.4, -0.2) is 23.8 Å². The average molecular weight is 274 g/mol. The molecular weight excluding hydrogens is 260 g/mol. The van der Waals surface area contributed by atoms with Gasteiger partial charge in [0.15, 0.2) is 5.78 Å². The molecule has 2 rings (SSSR count). The van der Waals surface area contributed by atoms with Gasteiger partial charge in [0, 0.05) is 10.5 Å². The van der Waals surface area contributed by atoms with Crippen molar-refractivity contribution in [2.75, 3.05) is 12.9 Å². The van der Waals surface area contributed by atoms with E-state index < -0.39 is 0 Å². The molecule has 0 aliphatic rings. The minimum atomic E-state index is 0.0240. The van der Waals surface area contributed by atoms with E-state index in [0.717, 1.165) is 10.6 Å². The lowest BCUT2D eigenvalue weighted by Gasteiger charge is -2.07. The fourth-order valence-corrected chi connectivity index (χ4v) is 2.53. The van der Waals surface area contributed by atoms with Gasteiger partial charge in [-0.1, -0.05) is 12.1 Å². The van der Waals surface area contributed by atoms with E-state index in [1.165, 1.54) is 23.9 Å². The van der Waals surface area contributed by atoms with E-state index in [2.05, 4.69) is 0 Å². The number of ether oxygens (including phenoxy) is 1. The molecule has 0 aromatic heterocycles. The van der Waals surface area contributed by atoms with E-state index in [9.17, 15) is 9.90 Å². The van der Waals surface area contributed by atoms with Crippen LogP contribution in [0.4, 0.5) is 0 Å². The zero-order chi connectivity index (χ0) is 13.7. The molecule has 98 valence electrons. The third-order valence-corrected chi connectivity index (χ3v) is 3.67. The van der Waals surface area contributed by atoms with Crippen molar-refractivity contribution in [2.45, 2.75) is 4.90 Å². The fourth-order valence-electron chi connectivity index (χ4n) is 1.61. The Balaban J connectivity index is 2.02. The first-order chi connectivity index (χ1) is 9.20. The number of thioether (sulfide) groups is 1.